The highest BCUT2D eigenvalue weighted by atomic mass is 32.2. The number of hydrogen-bond donors (Lipinski definition) is 4. The first kappa shape index (κ1) is 26.5. The summed E-state index contributed by atoms with van der Waals surface area (Å²) in [4.78, 5) is 56.5. The number of amides is 2. The molecule has 4 aromatic rings. The summed E-state index contributed by atoms with van der Waals surface area (Å²) >= 11 is 2.51. The second-order valence-corrected chi connectivity index (χ2v) is 11.2. The number of imidazole rings is 1. The number of oxime groups is 1. The number of nitrogens with two attached hydrogens (primary N) is 1. The van der Waals surface area contributed by atoms with Gasteiger partial charge in [-0.2, -0.15) is 4.57 Å². The molecule has 208 valence electrons. The number of hydrogen-bond acceptors (Lipinski definition) is 10. The van der Waals surface area contributed by atoms with Gasteiger partial charge in [0, 0.05) is 28.3 Å². The zero-order valence-corrected chi connectivity index (χ0v) is 23.1. The first-order chi connectivity index (χ1) is 19.8. The van der Waals surface area contributed by atoms with Gasteiger partial charge in [0.1, 0.15) is 46.8 Å². The Kier molecular flexibility index (Phi) is 6.88. The Morgan fingerprint density at radius 1 is 1.29 bits per heavy atom. The number of H-pyrrole nitrogens is 1. The minimum absolute atomic E-state index is 0.0792. The highest BCUT2D eigenvalue weighted by Gasteiger charge is 2.54. The monoisotopic (exact) mass is 591 g/mol. The number of β-lactam (4-membered cyclic amide) rings is 1. The quantitative estimate of drug-likeness (QED) is 0.102. The number of nitrogens with zero attached hydrogens (tertiary/aromatic N) is 5. The number of aliphatic carboxylic acids is 1. The third-order valence-electron chi connectivity index (χ3n) is 6.60. The van der Waals surface area contributed by atoms with Gasteiger partial charge in [0.15, 0.2) is 29.8 Å². The molecule has 0 aliphatic carbocycles. The van der Waals surface area contributed by atoms with Gasteiger partial charge >= 0.3 is 5.97 Å². The van der Waals surface area contributed by atoms with Crippen LogP contribution in [0.15, 0.2) is 70.6 Å². The van der Waals surface area contributed by atoms with Crippen LogP contribution in [0.1, 0.15) is 5.69 Å². The molecule has 0 radical (unpaired) electrons. The molecule has 15 heteroatoms. The maximum atomic E-state index is 13.2. The Morgan fingerprint density at radius 3 is 2.80 bits per heavy atom. The summed E-state index contributed by atoms with van der Waals surface area (Å²) in [7, 11) is 1.28. The van der Waals surface area contributed by atoms with Crippen LogP contribution in [-0.2, 0) is 25.8 Å². The Hall–Kier alpha value is -4.76. The van der Waals surface area contributed by atoms with Crippen LogP contribution in [0.2, 0.25) is 0 Å². The van der Waals surface area contributed by atoms with E-state index < -0.39 is 29.2 Å². The molecule has 6 rings (SSSR count). The Bertz CT molecular complexity index is 1750. The topological polar surface area (TPSA) is 180 Å². The molecule has 0 spiro atoms. The molecule has 1 unspecified atom stereocenters. The van der Waals surface area contributed by atoms with E-state index in [0.29, 0.717) is 11.3 Å². The molecule has 2 atom stereocenters. The summed E-state index contributed by atoms with van der Waals surface area (Å²) in [5, 5.41) is 17.7. The fourth-order valence-corrected chi connectivity index (χ4v) is 6.64. The third kappa shape index (κ3) is 4.89. The second kappa shape index (κ2) is 10.7. The molecule has 2 aliphatic heterocycles. The summed E-state index contributed by atoms with van der Waals surface area (Å²) in [5.74, 6) is -1.33. The zero-order chi connectivity index (χ0) is 28.7. The van der Waals surface area contributed by atoms with Crippen LogP contribution in [0.4, 0.5) is 5.13 Å². The Morgan fingerprint density at radius 2 is 2.10 bits per heavy atom. The number of nitrogen functional groups attached to an aromatic ring is 1. The van der Waals surface area contributed by atoms with E-state index in [1.54, 1.807) is 5.38 Å². The number of anilines is 1. The molecule has 2 aliphatic rings. The molecule has 5 N–H and O–H groups in total. The van der Waals surface area contributed by atoms with E-state index in [9.17, 15) is 19.5 Å². The minimum atomic E-state index is -1.21. The van der Waals surface area contributed by atoms with Crippen molar-refractivity contribution >= 4 is 62.8 Å². The predicted molar refractivity (Wildman–Crippen MR) is 151 cm³/mol. The van der Waals surface area contributed by atoms with Crippen LogP contribution < -0.4 is 15.6 Å². The predicted octanol–water partition coefficient (Wildman–Crippen LogP) is 1.35. The largest absolute Gasteiger partial charge is 0.477 e. The van der Waals surface area contributed by atoms with E-state index in [1.165, 1.54) is 23.8 Å². The van der Waals surface area contributed by atoms with Gasteiger partial charge < -0.3 is 26.0 Å². The number of aromatic nitrogens is 4. The van der Waals surface area contributed by atoms with Crippen molar-refractivity contribution in [2.24, 2.45) is 5.16 Å². The molecule has 0 saturated carbocycles. The summed E-state index contributed by atoms with van der Waals surface area (Å²) in [6.45, 7) is 0.258. The van der Waals surface area contributed by atoms with E-state index in [0.717, 1.165) is 33.8 Å². The van der Waals surface area contributed by atoms with Crippen molar-refractivity contribution < 1.29 is 28.9 Å². The number of carbonyl (C=O) groups excluding carboxylic acids is 2. The lowest BCUT2D eigenvalue weighted by Gasteiger charge is -2.49. The number of rotatable bonds is 8. The maximum absolute atomic E-state index is 13.2. The fraction of sp³-hybridized carbons (Fsp3) is 0.192. The average Bonchev–Trinajstić information content (AvgIpc) is 3.60. The number of thiazole rings is 1. The number of pyridine rings is 1. The molecule has 41 heavy (non-hydrogen) atoms. The Labute approximate surface area is 240 Å². The molecule has 0 bridgehead atoms. The van der Waals surface area contributed by atoms with E-state index >= 15 is 0 Å². The Balaban J connectivity index is 1.21. The molecule has 13 nitrogen and oxygen atoms in total. The van der Waals surface area contributed by atoms with E-state index in [2.05, 4.69) is 25.4 Å². The van der Waals surface area contributed by atoms with Crippen molar-refractivity contribution in [3.63, 3.8) is 0 Å². The van der Waals surface area contributed by atoms with Gasteiger partial charge in [0.05, 0.1) is 0 Å². The molecule has 1 saturated heterocycles. The summed E-state index contributed by atoms with van der Waals surface area (Å²) in [6.07, 6.45) is 3.69. The van der Waals surface area contributed by atoms with Gasteiger partial charge in [-0.15, -0.1) is 23.1 Å². The zero-order valence-electron chi connectivity index (χ0n) is 21.5. The van der Waals surface area contributed by atoms with Crippen LogP contribution in [0, 0.1) is 0 Å². The van der Waals surface area contributed by atoms with Gasteiger partial charge in [0.2, 0.25) is 0 Å². The van der Waals surface area contributed by atoms with Crippen LogP contribution in [0.25, 0.3) is 22.4 Å². The van der Waals surface area contributed by atoms with Gasteiger partial charge in [-0.3, -0.25) is 14.5 Å². The first-order valence-electron chi connectivity index (χ1n) is 12.3. The summed E-state index contributed by atoms with van der Waals surface area (Å²) in [5.41, 5.74) is 8.77. The maximum Gasteiger partial charge on any atom is 0.352 e. The number of carboxylic acids is 1. The fourth-order valence-electron chi connectivity index (χ4n) is 4.76. The summed E-state index contributed by atoms with van der Waals surface area (Å²) < 4.78 is 1.85. The number of carboxylic acid groups (broad SMARTS) is 1. The number of thioether (sulfide) groups is 1. The number of benzene rings is 1. The smallest absolute Gasteiger partial charge is 0.352 e. The number of aromatic amines is 1. The highest BCUT2D eigenvalue weighted by molar-refractivity contribution is 8.00. The van der Waals surface area contributed by atoms with Crippen LogP contribution in [0.3, 0.4) is 0 Å². The van der Waals surface area contributed by atoms with E-state index in [1.807, 2.05) is 53.4 Å². The van der Waals surface area contributed by atoms with Crippen LogP contribution >= 0.6 is 23.1 Å². The molecule has 1 aromatic carbocycles. The molecule has 5 heterocycles. The van der Waals surface area contributed by atoms with Crippen molar-refractivity contribution in [1.82, 2.24) is 25.2 Å². The van der Waals surface area contributed by atoms with E-state index in [-0.39, 0.29) is 28.8 Å². The van der Waals surface area contributed by atoms with Crippen molar-refractivity contribution in [3.05, 3.63) is 71.1 Å². The van der Waals surface area contributed by atoms with E-state index in [4.69, 9.17) is 10.6 Å². The molecule has 1 fully saturated rings. The van der Waals surface area contributed by atoms with Gasteiger partial charge in [-0.1, -0.05) is 35.5 Å². The lowest BCUT2D eigenvalue weighted by molar-refractivity contribution is -0.687. The van der Waals surface area contributed by atoms with Crippen LogP contribution in [-0.4, -0.2) is 72.7 Å². The highest BCUT2D eigenvalue weighted by Crippen LogP contribution is 2.40. The van der Waals surface area contributed by atoms with Crippen LogP contribution in [0.5, 0.6) is 0 Å². The number of fused-ring (bicyclic) bond motifs is 2. The average molecular weight is 592 g/mol. The van der Waals surface area contributed by atoms with Gasteiger partial charge in [-0.25, -0.2) is 14.8 Å². The number of nitrogens with one attached hydrogen (secondary N) is 2. The van der Waals surface area contributed by atoms with Crippen molar-refractivity contribution in [1.29, 1.82) is 0 Å². The molecule has 3 aromatic heterocycles. The lowest BCUT2D eigenvalue weighted by atomic mass is 10.0. The van der Waals surface area contributed by atoms with Crippen molar-refractivity contribution in [2.45, 2.75) is 18.0 Å². The molecular formula is C26H23N8O5S2+. The van der Waals surface area contributed by atoms with Gasteiger partial charge in [0.25, 0.3) is 11.8 Å². The molecular weight excluding hydrogens is 568 g/mol. The minimum Gasteiger partial charge on any atom is -0.477 e. The SMILES string of the molecule is CON=C(C(=O)NC1C(=O)N2C(C(=O)O)=C(C[n+]3ccc4nc(-c5ccccc5)[nH]c4c3)CS[C@@H]12)c1csc(N)n1. The standard InChI is InChI=1S/C26H22N8O5S2/c1-39-32-18(17-12-41-26(27)30-17)22(35)31-19-23(36)34-20(25(37)38)14(11-40-24(19)34)9-33-8-7-15-16(10-33)29-21(28-15)13-5-3-2-4-6-13/h2-8,10,12,19,24H,9,11H2,1H3,(H4,27,30,31,35,37,38)/p+1/t19?,24-/m0/s1. The van der Waals surface area contributed by atoms with Crippen molar-refractivity contribution in [2.75, 3.05) is 18.6 Å². The lowest BCUT2D eigenvalue weighted by Crippen LogP contribution is -2.71. The first-order valence-corrected chi connectivity index (χ1v) is 14.2. The third-order valence-corrected chi connectivity index (χ3v) is 8.61. The number of carbonyl (C=O) groups is 3. The second-order valence-electron chi connectivity index (χ2n) is 9.18. The molecule has 2 amide bonds. The normalized spacial score (nSPS) is 18.7. The van der Waals surface area contributed by atoms with Crippen molar-refractivity contribution in [3.8, 4) is 11.4 Å². The van der Waals surface area contributed by atoms with Gasteiger partial charge in [-0.05, 0) is 0 Å². The summed E-state index contributed by atoms with van der Waals surface area (Å²) in [6, 6.07) is 10.7.